The first-order valence-electron chi connectivity index (χ1n) is 9.51. The van der Waals surface area contributed by atoms with Crippen LogP contribution in [0.1, 0.15) is 30.7 Å². The van der Waals surface area contributed by atoms with Gasteiger partial charge in [0.05, 0.1) is 17.7 Å². The number of pyridine rings is 1. The SMILES string of the molecule is Cn1nccc1CCC(=O)N1CCC2(CCN(Cc3ccccn3)C2=O)C1. The third-order valence-corrected chi connectivity index (χ3v) is 5.90. The quantitative estimate of drug-likeness (QED) is 0.801. The average Bonchev–Trinajstić information content (AvgIpc) is 3.37. The topological polar surface area (TPSA) is 71.3 Å². The zero-order chi connectivity index (χ0) is 18.9. The second-order valence-electron chi connectivity index (χ2n) is 7.59. The minimum atomic E-state index is -0.392. The van der Waals surface area contributed by atoms with Gasteiger partial charge in [-0.05, 0) is 37.5 Å². The Bertz CT molecular complexity index is 834. The molecule has 1 unspecified atom stereocenters. The van der Waals surface area contributed by atoms with Gasteiger partial charge in [-0.3, -0.25) is 19.3 Å². The molecule has 4 heterocycles. The van der Waals surface area contributed by atoms with E-state index in [0.29, 0.717) is 32.5 Å². The zero-order valence-corrected chi connectivity index (χ0v) is 15.7. The lowest BCUT2D eigenvalue weighted by Gasteiger charge is -2.23. The summed E-state index contributed by atoms with van der Waals surface area (Å²) >= 11 is 0. The Balaban J connectivity index is 1.35. The first-order valence-corrected chi connectivity index (χ1v) is 9.51. The molecule has 2 aliphatic rings. The number of nitrogens with zero attached hydrogens (tertiary/aromatic N) is 5. The smallest absolute Gasteiger partial charge is 0.231 e. The van der Waals surface area contributed by atoms with Gasteiger partial charge in [0.15, 0.2) is 0 Å². The third-order valence-electron chi connectivity index (χ3n) is 5.90. The highest BCUT2D eigenvalue weighted by molar-refractivity contribution is 5.87. The Morgan fingerprint density at radius 3 is 2.78 bits per heavy atom. The molecule has 0 saturated carbocycles. The Morgan fingerprint density at radius 2 is 2.04 bits per heavy atom. The Labute approximate surface area is 159 Å². The van der Waals surface area contributed by atoms with Gasteiger partial charge in [0, 0.05) is 51.2 Å². The number of amides is 2. The number of hydrogen-bond acceptors (Lipinski definition) is 4. The number of aryl methyl sites for hydroxylation is 2. The van der Waals surface area contributed by atoms with Crippen LogP contribution in [0.5, 0.6) is 0 Å². The molecular weight excluding hydrogens is 342 g/mol. The number of rotatable bonds is 5. The van der Waals surface area contributed by atoms with E-state index in [1.807, 2.05) is 41.1 Å². The maximum atomic E-state index is 13.0. The van der Waals surface area contributed by atoms with Gasteiger partial charge < -0.3 is 9.80 Å². The summed E-state index contributed by atoms with van der Waals surface area (Å²) in [6.45, 7) is 2.52. The average molecular weight is 367 g/mol. The van der Waals surface area contributed by atoms with E-state index < -0.39 is 5.41 Å². The van der Waals surface area contributed by atoms with Gasteiger partial charge in [0.1, 0.15) is 0 Å². The number of hydrogen-bond donors (Lipinski definition) is 0. The van der Waals surface area contributed by atoms with Crippen LogP contribution in [0.25, 0.3) is 0 Å². The lowest BCUT2D eigenvalue weighted by molar-refractivity contribution is -0.137. The predicted molar refractivity (Wildman–Crippen MR) is 99.4 cm³/mol. The summed E-state index contributed by atoms with van der Waals surface area (Å²) in [4.78, 5) is 33.8. The molecule has 2 saturated heterocycles. The second kappa shape index (κ2) is 7.13. The van der Waals surface area contributed by atoms with Crippen LogP contribution in [0.4, 0.5) is 0 Å². The minimum absolute atomic E-state index is 0.129. The van der Waals surface area contributed by atoms with Crippen LogP contribution in [-0.2, 0) is 29.6 Å². The molecule has 0 aromatic carbocycles. The van der Waals surface area contributed by atoms with Crippen molar-refractivity contribution in [1.29, 1.82) is 0 Å². The fraction of sp³-hybridized carbons (Fsp3) is 0.500. The van der Waals surface area contributed by atoms with Crippen molar-refractivity contribution in [1.82, 2.24) is 24.6 Å². The first-order chi connectivity index (χ1) is 13.1. The molecular formula is C20H25N5O2. The van der Waals surface area contributed by atoms with E-state index in [0.717, 1.165) is 30.8 Å². The Kier molecular flexibility index (Phi) is 4.68. The molecule has 0 bridgehead atoms. The normalized spacial score (nSPS) is 22.2. The van der Waals surface area contributed by atoms with Crippen molar-refractivity contribution in [2.75, 3.05) is 19.6 Å². The summed E-state index contributed by atoms with van der Waals surface area (Å²) in [5.41, 5.74) is 1.57. The molecule has 2 amide bonds. The summed E-state index contributed by atoms with van der Waals surface area (Å²) < 4.78 is 1.80. The molecule has 7 nitrogen and oxygen atoms in total. The van der Waals surface area contributed by atoms with Gasteiger partial charge in [0.25, 0.3) is 0 Å². The molecule has 0 aliphatic carbocycles. The third kappa shape index (κ3) is 3.46. The summed E-state index contributed by atoms with van der Waals surface area (Å²) in [6.07, 6.45) is 6.23. The zero-order valence-electron chi connectivity index (χ0n) is 15.7. The van der Waals surface area contributed by atoms with E-state index in [1.54, 1.807) is 17.1 Å². The predicted octanol–water partition coefficient (Wildman–Crippen LogP) is 1.40. The van der Waals surface area contributed by atoms with E-state index in [9.17, 15) is 9.59 Å². The molecule has 2 fully saturated rings. The van der Waals surface area contributed by atoms with Crippen molar-refractivity contribution in [2.24, 2.45) is 12.5 Å². The lowest BCUT2D eigenvalue weighted by atomic mass is 9.85. The summed E-state index contributed by atoms with van der Waals surface area (Å²) in [5, 5.41) is 4.14. The van der Waals surface area contributed by atoms with Crippen molar-refractivity contribution in [3.63, 3.8) is 0 Å². The molecule has 1 atom stereocenters. The largest absolute Gasteiger partial charge is 0.342 e. The molecule has 2 aliphatic heterocycles. The Morgan fingerprint density at radius 1 is 1.19 bits per heavy atom. The van der Waals surface area contributed by atoms with E-state index >= 15 is 0 Å². The van der Waals surface area contributed by atoms with Crippen LogP contribution >= 0.6 is 0 Å². The van der Waals surface area contributed by atoms with Crippen LogP contribution in [0.3, 0.4) is 0 Å². The van der Waals surface area contributed by atoms with Crippen molar-refractivity contribution >= 4 is 11.8 Å². The Hall–Kier alpha value is -2.70. The molecule has 7 heteroatoms. The van der Waals surface area contributed by atoms with Crippen molar-refractivity contribution in [3.05, 3.63) is 48.0 Å². The second-order valence-corrected chi connectivity index (χ2v) is 7.59. The van der Waals surface area contributed by atoms with E-state index in [-0.39, 0.29) is 11.8 Å². The van der Waals surface area contributed by atoms with E-state index in [4.69, 9.17) is 0 Å². The summed E-state index contributed by atoms with van der Waals surface area (Å²) in [5.74, 6) is 0.305. The molecule has 142 valence electrons. The van der Waals surface area contributed by atoms with Gasteiger partial charge in [0.2, 0.25) is 11.8 Å². The van der Waals surface area contributed by atoms with Crippen molar-refractivity contribution in [3.8, 4) is 0 Å². The number of carbonyl (C=O) groups excluding carboxylic acids is 2. The summed E-state index contributed by atoms with van der Waals surface area (Å²) in [6, 6.07) is 7.70. The highest BCUT2D eigenvalue weighted by Gasteiger charge is 2.51. The van der Waals surface area contributed by atoms with E-state index in [2.05, 4.69) is 10.1 Å². The van der Waals surface area contributed by atoms with Crippen LogP contribution < -0.4 is 0 Å². The molecule has 27 heavy (non-hydrogen) atoms. The lowest BCUT2D eigenvalue weighted by Crippen LogP contribution is -2.38. The number of likely N-dealkylation sites (tertiary alicyclic amines) is 2. The fourth-order valence-corrected chi connectivity index (χ4v) is 4.23. The van der Waals surface area contributed by atoms with E-state index in [1.165, 1.54) is 0 Å². The first kappa shape index (κ1) is 17.7. The summed E-state index contributed by atoms with van der Waals surface area (Å²) in [7, 11) is 1.89. The monoisotopic (exact) mass is 367 g/mol. The van der Waals surface area contributed by atoms with Crippen LogP contribution in [0.2, 0.25) is 0 Å². The maximum absolute atomic E-state index is 13.0. The van der Waals surface area contributed by atoms with Crippen LogP contribution in [0, 0.1) is 5.41 Å². The maximum Gasteiger partial charge on any atom is 0.231 e. The van der Waals surface area contributed by atoms with Crippen molar-refractivity contribution < 1.29 is 9.59 Å². The van der Waals surface area contributed by atoms with Gasteiger partial charge in [-0.1, -0.05) is 6.07 Å². The molecule has 1 spiro atoms. The fourth-order valence-electron chi connectivity index (χ4n) is 4.23. The molecule has 2 aromatic heterocycles. The van der Waals surface area contributed by atoms with Crippen LogP contribution in [0.15, 0.2) is 36.7 Å². The van der Waals surface area contributed by atoms with Gasteiger partial charge in [-0.15, -0.1) is 0 Å². The minimum Gasteiger partial charge on any atom is -0.342 e. The molecule has 2 aromatic rings. The van der Waals surface area contributed by atoms with Crippen molar-refractivity contribution in [2.45, 2.75) is 32.2 Å². The molecule has 0 N–H and O–H groups in total. The standard InChI is InChI=1S/C20H25N5O2/c1-23-17(7-11-22-23)5-6-18(26)25-13-9-20(15-25)8-12-24(19(20)27)14-16-4-2-3-10-21-16/h2-4,7,10-11H,5-6,8-9,12-15H2,1H3. The number of carbonyl (C=O) groups is 2. The molecule has 4 rings (SSSR count). The van der Waals surface area contributed by atoms with Gasteiger partial charge >= 0.3 is 0 Å². The van der Waals surface area contributed by atoms with Crippen LogP contribution in [-0.4, -0.2) is 56.0 Å². The van der Waals surface area contributed by atoms with Gasteiger partial charge in [-0.25, -0.2) is 0 Å². The highest BCUT2D eigenvalue weighted by Crippen LogP contribution is 2.41. The number of aromatic nitrogens is 3. The molecule has 0 radical (unpaired) electrons. The highest BCUT2D eigenvalue weighted by atomic mass is 16.2. The van der Waals surface area contributed by atoms with Gasteiger partial charge in [-0.2, -0.15) is 5.10 Å².